The van der Waals surface area contributed by atoms with Gasteiger partial charge in [-0.3, -0.25) is 14.5 Å². The highest BCUT2D eigenvalue weighted by Crippen LogP contribution is 2.29. The quantitative estimate of drug-likeness (QED) is 0.424. The minimum Gasteiger partial charge on any atom is -0.379 e. The average molecular weight is 427 g/mol. The van der Waals surface area contributed by atoms with Gasteiger partial charge in [0, 0.05) is 60.0 Å². The highest BCUT2D eigenvalue weighted by molar-refractivity contribution is 6.23. The summed E-state index contributed by atoms with van der Waals surface area (Å²) in [6.45, 7) is 6.74. The van der Waals surface area contributed by atoms with Crippen molar-refractivity contribution in [1.82, 2.24) is 9.47 Å². The van der Waals surface area contributed by atoms with E-state index < -0.39 is 0 Å². The summed E-state index contributed by atoms with van der Waals surface area (Å²) in [6.07, 6.45) is 1.99. The van der Waals surface area contributed by atoms with Crippen LogP contribution < -0.4 is 0 Å². The van der Waals surface area contributed by atoms with Gasteiger partial charge in [-0.1, -0.05) is 48.5 Å². The molecule has 2 heterocycles. The maximum Gasteiger partial charge on any atom is 0.195 e. The van der Waals surface area contributed by atoms with Crippen LogP contribution in [0.1, 0.15) is 33.2 Å². The Balaban J connectivity index is 1.54. The number of morpholine rings is 1. The number of carbonyl (C=O) groups is 2. The molecule has 0 radical (unpaired) electrons. The second kappa shape index (κ2) is 8.69. The Morgan fingerprint density at radius 2 is 1.41 bits per heavy atom. The topological polar surface area (TPSA) is 51.5 Å². The van der Waals surface area contributed by atoms with E-state index in [4.69, 9.17) is 4.74 Å². The van der Waals surface area contributed by atoms with E-state index in [1.54, 1.807) is 19.1 Å². The molecule has 3 aromatic carbocycles. The molecule has 1 aromatic heterocycles. The molecule has 0 N–H and O–H groups in total. The Bertz CT molecular complexity index is 1320. The van der Waals surface area contributed by atoms with Crippen LogP contribution in [0.25, 0.3) is 21.7 Å². The maximum atomic E-state index is 13.7. The molecule has 0 aliphatic carbocycles. The van der Waals surface area contributed by atoms with Crippen molar-refractivity contribution in [2.24, 2.45) is 0 Å². The number of ketones is 2. The van der Waals surface area contributed by atoms with Gasteiger partial charge in [0.1, 0.15) is 0 Å². The molecule has 0 atom stereocenters. The van der Waals surface area contributed by atoms with Gasteiger partial charge in [0.15, 0.2) is 11.6 Å². The zero-order valence-electron chi connectivity index (χ0n) is 18.2. The van der Waals surface area contributed by atoms with Gasteiger partial charge >= 0.3 is 0 Å². The lowest BCUT2D eigenvalue weighted by Crippen LogP contribution is -2.38. The Morgan fingerprint density at radius 3 is 2.12 bits per heavy atom. The van der Waals surface area contributed by atoms with E-state index in [0.717, 1.165) is 61.1 Å². The van der Waals surface area contributed by atoms with Crippen molar-refractivity contribution in [1.29, 1.82) is 0 Å². The van der Waals surface area contributed by atoms with Gasteiger partial charge < -0.3 is 9.30 Å². The third-order valence-corrected chi connectivity index (χ3v) is 6.34. The number of rotatable bonds is 6. The fraction of sp³-hybridized carbons (Fsp3) is 0.259. The molecule has 32 heavy (non-hydrogen) atoms. The summed E-state index contributed by atoms with van der Waals surface area (Å²) in [4.78, 5) is 28.2. The number of benzene rings is 3. The summed E-state index contributed by atoms with van der Waals surface area (Å²) < 4.78 is 7.64. The molecule has 1 aliphatic rings. The first kappa shape index (κ1) is 20.6. The van der Waals surface area contributed by atoms with Crippen LogP contribution in [0, 0.1) is 0 Å². The number of ether oxygens (including phenoxy) is 1. The Labute approximate surface area is 187 Å². The summed E-state index contributed by atoms with van der Waals surface area (Å²) in [7, 11) is 0. The van der Waals surface area contributed by atoms with Crippen LogP contribution in [0.4, 0.5) is 0 Å². The molecule has 1 aliphatic heterocycles. The summed E-state index contributed by atoms with van der Waals surface area (Å²) in [5.74, 6) is -0.0162. The highest BCUT2D eigenvalue weighted by Gasteiger charge is 2.20. The first-order chi connectivity index (χ1) is 15.6. The normalized spacial score (nSPS) is 14.8. The Hall–Kier alpha value is -3.28. The second-order valence-corrected chi connectivity index (χ2v) is 8.30. The lowest BCUT2D eigenvalue weighted by atomic mass is 9.93. The lowest BCUT2D eigenvalue weighted by Gasteiger charge is -2.26. The van der Waals surface area contributed by atoms with E-state index in [2.05, 4.69) is 15.5 Å². The van der Waals surface area contributed by atoms with Crippen molar-refractivity contribution in [2.75, 3.05) is 32.8 Å². The fourth-order valence-electron chi connectivity index (χ4n) is 4.64. The molecule has 1 fully saturated rings. The van der Waals surface area contributed by atoms with E-state index in [1.165, 1.54) is 0 Å². The molecule has 0 spiro atoms. The van der Waals surface area contributed by atoms with E-state index in [9.17, 15) is 9.59 Å². The van der Waals surface area contributed by atoms with E-state index in [0.29, 0.717) is 16.7 Å². The third kappa shape index (κ3) is 3.74. The van der Waals surface area contributed by atoms with E-state index >= 15 is 0 Å². The second-order valence-electron chi connectivity index (χ2n) is 8.30. The number of hydrogen-bond donors (Lipinski definition) is 0. The summed E-state index contributed by atoms with van der Waals surface area (Å²) in [5, 5.41) is 2.59. The van der Waals surface area contributed by atoms with E-state index in [1.807, 2.05) is 48.7 Å². The van der Waals surface area contributed by atoms with Crippen LogP contribution in [-0.2, 0) is 11.3 Å². The van der Waals surface area contributed by atoms with Gasteiger partial charge in [-0.2, -0.15) is 0 Å². The molecule has 5 heteroatoms. The molecule has 162 valence electrons. The van der Waals surface area contributed by atoms with Gasteiger partial charge in [-0.05, 0) is 29.8 Å². The standard InChI is InChI=1S/C27H26N2O3/c1-19(30)20-10-11-24(22-7-3-2-6-21(20)22)27(31)25-18-29(26-9-5-4-8-23(25)26)13-12-28-14-16-32-17-15-28/h2-11,18H,12-17H2,1H3. The van der Waals surface area contributed by atoms with Crippen LogP contribution in [0.2, 0.25) is 0 Å². The predicted molar refractivity (Wildman–Crippen MR) is 127 cm³/mol. The third-order valence-electron chi connectivity index (χ3n) is 6.34. The van der Waals surface area contributed by atoms with Crippen molar-refractivity contribution in [3.8, 4) is 0 Å². The van der Waals surface area contributed by atoms with Crippen LogP contribution in [0.15, 0.2) is 66.9 Å². The van der Waals surface area contributed by atoms with Crippen molar-refractivity contribution in [3.63, 3.8) is 0 Å². The van der Waals surface area contributed by atoms with Crippen molar-refractivity contribution >= 4 is 33.2 Å². The number of Topliss-reactive ketones (excluding diaryl/α,β-unsaturated/α-hetero) is 1. The number of fused-ring (bicyclic) bond motifs is 2. The molecule has 1 saturated heterocycles. The molecule has 5 nitrogen and oxygen atoms in total. The van der Waals surface area contributed by atoms with Gasteiger partial charge in [-0.25, -0.2) is 0 Å². The van der Waals surface area contributed by atoms with Crippen molar-refractivity contribution in [2.45, 2.75) is 13.5 Å². The lowest BCUT2D eigenvalue weighted by molar-refractivity contribution is 0.0365. The Morgan fingerprint density at radius 1 is 0.781 bits per heavy atom. The summed E-state index contributed by atoms with van der Waals surface area (Å²) in [5.41, 5.74) is 3.03. The number of hydrogen-bond acceptors (Lipinski definition) is 4. The largest absolute Gasteiger partial charge is 0.379 e. The summed E-state index contributed by atoms with van der Waals surface area (Å²) >= 11 is 0. The summed E-state index contributed by atoms with van der Waals surface area (Å²) in [6, 6.07) is 19.3. The zero-order chi connectivity index (χ0) is 22.1. The van der Waals surface area contributed by atoms with Gasteiger partial charge in [0.25, 0.3) is 0 Å². The number of aromatic nitrogens is 1. The predicted octanol–water partition coefficient (Wildman–Crippen LogP) is 4.56. The number of nitrogens with zero attached hydrogens (tertiary/aromatic N) is 2. The van der Waals surface area contributed by atoms with Gasteiger partial charge in [0.2, 0.25) is 0 Å². The fourth-order valence-corrected chi connectivity index (χ4v) is 4.64. The zero-order valence-corrected chi connectivity index (χ0v) is 18.2. The van der Waals surface area contributed by atoms with Gasteiger partial charge in [0.05, 0.1) is 13.2 Å². The maximum absolute atomic E-state index is 13.7. The highest BCUT2D eigenvalue weighted by atomic mass is 16.5. The van der Waals surface area contributed by atoms with Crippen LogP contribution in [0.3, 0.4) is 0 Å². The van der Waals surface area contributed by atoms with Gasteiger partial charge in [-0.15, -0.1) is 0 Å². The van der Waals surface area contributed by atoms with E-state index in [-0.39, 0.29) is 11.6 Å². The molecule has 0 amide bonds. The number of para-hydroxylation sites is 1. The molecular weight excluding hydrogens is 400 g/mol. The van der Waals surface area contributed by atoms with Crippen LogP contribution >= 0.6 is 0 Å². The molecule has 0 unspecified atom stereocenters. The molecule has 5 rings (SSSR count). The minimum atomic E-state index is -0.0161. The SMILES string of the molecule is CC(=O)c1ccc(C(=O)c2cn(CCN3CCOCC3)c3ccccc23)c2ccccc12. The first-order valence-electron chi connectivity index (χ1n) is 11.1. The smallest absolute Gasteiger partial charge is 0.195 e. The Kier molecular flexibility index (Phi) is 5.60. The molecule has 0 saturated carbocycles. The van der Waals surface area contributed by atoms with Crippen molar-refractivity contribution < 1.29 is 14.3 Å². The van der Waals surface area contributed by atoms with Crippen molar-refractivity contribution in [3.05, 3.63) is 83.6 Å². The minimum absolute atomic E-state index is 0.0000793. The first-order valence-corrected chi connectivity index (χ1v) is 11.1. The number of carbonyl (C=O) groups excluding carboxylic acids is 2. The molecular formula is C27H26N2O3. The van der Waals surface area contributed by atoms with Crippen LogP contribution in [-0.4, -0.2) is 53.9 Å². The molecule has 0 bridgehead atoms. The van der Waals surface area contributed by atoms with Crippen LogP contribution in [0.5, 0.6) is 0 Å². The molecule has 4 aromatic rings. The average Bonchev–Trinajstić information content (AvgIpc) is 3.21. The monoisotopic (exact) mass is 426 g/mol.